The topological polar surface area (TPSA) is 69.7 Å². The van der Waals surface area contributed by atoms with Crippen LogP contribution in [0.3, 0.4) is 0 Å². The van der Waals surface area contributed by atoms with Crippen LogP contribution in [-0.2, 0) is 23.3 Å². The molecule has 5 nitrogen and oxygen atoms in total. The van der Waals surface area contributed by atoms with Crippen LogP contribution in [0, 0.1) is 0 Å². The number of halogens is 2. The summed E-state index contributed by atoms with van der Waals surface area (Å²) in [6.07, 6.45) is 0. The van der Waals surface area contributed by atoms with Crippen LogP contribution in [0.4, 0.5) is 8.78 Å². The summed E-state index contributed by atoms with van der Waals surface area (Å²) in [5, 5.41) is -4.89. The first-order valence-electron chi connectivity index (χ1n) is 8.66. The molecule has 3 aromatic rings. The van der Waals surface area contributed by atoms with E-state index >= 15 is 0 Å². The van der Waals surface area contributed by atoms with Gasteiger partial charge in [-0.15, -0.1) is 0 Å². The average molecular weight is 453 g/mol. The number of rotatable bonds is 7. The molecule has 0 heterocycles. The number of methoxy groups -OCH3 is 1. The number of ether oxygens (including phenoxy) is 1. The van der Waals surface area contributed by atoms with Gasteiger partial charge in [0.2, 0.25) is 0 Å². The third-order valence-electron chi connectivity index (χ3n) is 4.15. The van der Waals surface area contributed by atoms with Crippen LogP contribution in [0.25, 0.3) is 0 Å². The average Bonchev–Trinajstić information content (AvgIpc) is 2.78. The minimum atomic E-state index is -5.74. The Bertz CT molecular complexity index is 1010. The van der Waals surface area contributed by atoms with Crippen molar-refractivity contribution in [1.29, 1.82) is 0 Å². The van der Waals surface area contributed by atoms with Gasteiger partial charge >= 0.3 is 21.3 Å². The highest BCUT2D eigenvalue weighted by Gasteiger charge is 2.58. The second-order valence-electron chi connectivity index (χ2n) is 6.03. The van der Waals surface area contributed by atoms with Crippen LogP contribution in [-0.4, -0.2) is 26.8 Å². The van der Waals surface area contributed by atoms with Crippen molar-refractivity contribution in [3.05, 3.63) is 91.0 Å². The lowest BCUT2D eigenvalue weighted by molar-refractivity contribution is -0.158. The maximum Gasteiger partial charge on any atom is 0.466 e. The zero-order valence-electron chi connectivity index (χ0n) is 15.8. The number of hydrogen-bond donors (Lipinski definition) is 0. The molecule has 0 radical (unpaired) electrons. The van der Waals surface area contributed by atoms with Crippen molar-refractivity contribution in [3.63, 3.8) is 0 Å². The lowest BCUT2D eigenvalue weighted by atomic mass is 10.4. The van der Waals surface area contributed by atoms with Crippen LogP contribution in [0.15, 0.2) is 106 Å². The molecule has 0 unspecified atom stereocenters. The zero-order valence-corrected chi connectivity index (χ0v) is 17.4. The van der Waals surface area contributed by atoms with E-state index < -0.39 is 31.7 Å². The molecule has 3 rings (SSSR count). The number of benzene rings is 3. The van der Waals surface area contributed by atoms with Crippen molar-refractivity contribution in [2.24, 2.45) is 0 Å². The highest BCUT2D eigenvalue weighted by molar-refractivity contribution is 8.33. The Hall–Kier alpha value is -2.75. The van der Waals surface area contributed by atoms with Crippen molar-refractivity contribution in [2.45, 2.75) is 19.9 Å². The molecule has 0 aliphatic heterocycles. The highest BCUT2D eigenvalue weighted by Crippen LogP contribution is 2.70. The summed E-state index contributed by atoms with van der Waals surface area (Å²) in [5.74, 6) is -2.22. The molecule has 0 atom stereocenters. The molecule has 0 bridgehead atoms. The molecule has 0 fully saturated rings. The zero-order chi connectivity index (χ0) is 21.8. The van der Waals surface area contributed by atoms with E-state index in [4.69, 9.17) is 3.63 Å². The number of esters is 1. The van der Waals surface area contributed by atoms with Crippen LogP contribution >= 0.6 is 10.3 Å². The number of alkyl halides is 2. The van der Waals surface area contributed by atoms with Gasteiger partial charge in [-0.2, -0.15) is 17.2 Å². The van der Waals surface area contributed by atoms with Gasteiger partial charge in [-0.05, 0) is 46.7 Å². The van der Waals surface area contributed by atoms with Gasteiger partial charge in [0.05, 0.1) is 7.11 Å². The normalized spacial score (nSPS) is 12.9. The quantitative estimate of drug-likeness (QED) is 0.472. The molecule has 30 heavy (non-hydrogen) atoms. The molecule has 0 saturated heterocycles. The first-order chi connectivity index (χ1) is 14.3. The monoisotopic (exact) mass is 452 g/mol. The lowest BCUT2D eigenvalue weighted by Crippen LogP contribution is -2.40. The molecule has 3 aromatic carbocycles. The molecule has 0 aromatic heterocycles. The summed E-state index contributed by atoms with van der Waals surface area (Å²) in [6, 6.07) is 24.6. The summed E-state index contributed by atoms with van der Waals surface area (Å²) in [6.45, 7) is 0. The van der Waals surface area contributed by atoms with Gasteiger partial charge in [-0.3, -0.25) is 0 Å². The van der Waals surface area contributed by atoms with E-state index in [1.165, 1.54) is 0 Å². The third-order valence-corrected chi connectivity index (χ3v) is 9.29. The lowest BCUT2D eigenvalue weighted by Gasteiger charge is -2.39. The van der Waals surface area contributed by atoms with E-state index in [-0.39, 0.29) is 0 Å². The van der Waals surface area contributed by atoms with Crippen molar-refractivity contribution < 1.29 is 30.4 Å². The summed E-state index contributed by atoms with van der Waals surface area (Å²) < 4.78 is 63.8. The Morgan fingerprint density at radius 2 is 1.07 bits per heavy atom. The Morgan fingerprint density at radius 3 is 1.37 bits per heavy atom. The molecular weight excluding hydrogens is 434 g/mol. The molecule has 0 aliphatic rings. The largest absolute Gasteiger partial charge is 0.466 e. The first kappa shape index (κ1) is 21.9. The molecular formula is C21H18F2O5S2. The molecule has 0 N–H and O–H groups in total. The van der Waals surface area contributed by atoms with E-state index in [2.05, 4.69) is 4.74 Å². The van der Waals surface area contributed by atoms with E-state index in [1.54, 1.807) is 91.0 Å². The number of hydrogen-bond acceptors (Lipinski definition) is 5. The Balaban J connectivity index is 2.34. The maximum absolute atomic E-state index is 14.5. The Morgan fingerprint density at radius 1 is 0.733 bits per heavy atom. The van der Waals surface area contributed by atoms with Crippen LogP contribution < -0.4 is 0 Å². The second kappa shape index (κ2) is 8.55. The van der Waals surface area contributed by atoms with Gasteiger partial charge in [0.1, 0.15) is 0 Å². The Labute approximate surface area is 174 Å². The summed E-state index contributed by atoms with van der Waals surface area (Å²) in [7, 11) is -8.26. The van der Waals surface area contributed by atoms with E-state index in [0.717, 1.165) is 0 Å². The predicted molar refractivity (Wildman–Crippen MR) is 109 cm³/mol. The standard InChI is InChI=1S/C21H18F2O5S2/c1-27-20(24)21(22,23)30(25,26)28-29(17-11-5-2-6-12-17,18-13-7-3-8-14-18)19-15-9-4-10-16-19/h2-16H,1H3. The van der Waals surface area contributed by atoms with E-state index in [9.17, 15) is 22.0 Å². The van der Waals surface area contributed by atoms with Crippen LogP contribution in [0.5, 0.6) is 0 Å². The van der Waals surface area contributed by atoms with Gasteiger partial charge in [0.15, 0.2) is 0 Å². The van der Waals surface area contributed by atoms with Crippen molar-refractivity contribution in [2.75, 3.05) is 7.11 Å². The minimum absolute atomic E-state index is 0.367. The van der Waals surface area contributed by atoms with Gasteiger partial charge in [-0.25, -0.2) is 8.42 Å². The SMILES string of the molecule is COC(=O)C(F)(F)S(=O)(=O)OS(c1ccccc1)(c1ccccc1)c1ccccc1. The third kappa shape index (κ3) is 3.83. The Kier molecular flexibility index (Phi) is 6.25. The number of carbonyl (C=O) groups is 1. The van der Waals surface area contributed by atoms with Gasteiger partial charge in [0.25, 0.3) is 0 Å². The first-order valence-corrected chi connectivity index (χ1v) is 11.6. The van der Waals surface area contributed by atoms with Crippen molar-refractivity contribution in [3.8, 4) is 0 Å². The molecule has 0 saturated carbocycles. The predicted octanol–water partition coefficient (Wildman–Crippen LogP) is 5.00. The van der Waals surface area contributed by atoms with Gasteiger partial charge in [-0.1, -0.05) is 54.6 Å². The second-order valence-corrected chi connectivity index (χ2v) is 10.5. The van der Waals surface area contributed by atoms with Crippen LogP contribution in [0.2, 0.25) is 0 Å². The fourth-order valence-electron chi connectivity index (χ4n) is 2.76. The van der Waals surface area contributed by atoms with Crippen molar-refractivity contribution in [1.82, 2.24) is 0 Å². The smallest absolute Gasteiger partial charge is 0.464 e. The fourth-order valence-corrected chi connectivity index (χ4v) is 7.85. The summed E-state index contributed by atoms with van der Waals surface area (Å²) in [4.78, 5) is 12.7. The molecule has 0 amide bonds. The highest BCUT2D eigenvalue weighted by atomic mass is 32.3. The van der Waals surface area contributed by atoms with Gasteiger partial charge < -0.3 is 4.74 Å². The number of carbonyl (C=O) groups excluding carboxylic acids is 1. The molecule has 0 aliphatic carbocycles. The van der Waals surface area contributed by atoms with E-state index in [1.807, 2.05) is 0 Å². The van der Waals surface area contributed by atoms with Crippen LogP contribution in [0.1, 0.15) is 0 Å². The molecule has 0 spiro atoms. The van der Waals surface area contributed by atoms with Gasteiger partial charge in [0, 0.05) is 14.7 Å². The summed E-state index contributed by atoms with van der Waals surface area (Å²) >= 11 is 0. The fraction of sp³-hybridized carbons (Fsp3) is 0.0952. The minimum Gasteiger partial charge on any atom is -0.464 e. The molecule has 9 heteroatoms. The van der Waals surface area contributed by atoms with E-state index in [0.29, 0.717) is 21.8 Å². The van der Waals surface area contributed by atoms with Crippen molar-refractivity contribution >= 4 is 26.4 Å². The molecule has 158 valence electrons. The summed E-state index contributed by atoms with van der Waals surface area (Å²) in [5.41, 5.74) is 0. The maximum atomic E-state index is 14.5.